The summed E-state index contributed by atoms with van der Waals surface area (Å²) in [5.74, 6) is -0.0182. The van der Waals surface area contributed by atoms with Gasteiger partial charge in [-0.1, -0.05) is 36.4 Å². The van der Waals surface area contributed by atoms with Crippen LogP contribution in [0.1, 0.15) is 69.5 Å². The third-order valence-electron chi connectivity index (χ3n) is 19.9. The molecule has 628 valence electrons. The number of likely N-dealkylation sites (N-methyl/N-ethyl adjacent to an activating group) is 5. The van der Waals surface area contributed by atoms with Gasteiger partial charge in [0.15, 0.2) is 28.9 Å². The number of allylic oxidation sites excluding steroid dienone is 15. The number of rotatable bonds is 30. The zero-order valence-corrected chi connectivity index (χ0v) is 69.1. The normalized spacial score (nSPS) is 14.4. The molecule has 13 N–H and O–H groups in total. The van der Waals surface area contributed by atoms with Crippen molar-refractivity contribution in [1.29, 1.82) is 0 Å². The fourth-order valence-electron chi connectivity index (χ4n) is 13.1. The lowest BCUT2D eigenvalue weighted by molar-refractivity contribution is -0.116. The topological polar surface area (TPSA) is 434 Å². The highest BCUT2D eigenvalue weighted by Gasteiger charge is 2.30. The van der Waals surface area contributed by atoms with Gasteiger partial charge >= 0.3 is 0 Å². The number of benzene rings is 5. The van der Waals surface area contributed by atoms with Crippen LogP contribution in [0.4, 0.5) is 17.1 Å². The van der Waals surface area contributed by atoms with E-state index in [4.69, 9.17) is 56.9 Å². The highest BCUT2D eigenvalue weighted by Crippen LogP contribution is 2.33. The summed E-state index contributed by atoms with van der Waals surface area (Å²) in [7, 11) is 9.59. The number of aromatic hydroxyl groups is 2. The van der Waals surface area contributed by atoms with E-state index in [0.29, 0.717) is 169 Å². The fraction of sp³-hybridized carbons (Fsp3) is 0.333. The van der Waals surface area contributed by atoms with Crippen molar-refractivity contribution in [1.82, 2.24) is 24.5 Å². The van der Waals surface area contributed by atoms with Gasteiger partial charge in [-0.3, -0.25) is 47.9 Å². The number of hydrogen-bond donors (Lipinski definition) is 10. The zero-order valence-electron chi connectivity index (χ0n) is 69.1. The summed E-state index contributed by atoms with van der Waals surface area (Å²) in [4.78, 5) is 131. The van der Waals surface area contributed by atoms with Crippen LogP contribution in [0.5, 0.6) is 28.7 Å². The van der Waals surface area contributed by atoms with Gasteiger partial charge in [0.25, 0.3) is 0 Å². The largest absolute Gasteiger partial charge is 0.508 e. The fourth-order valence-corrected chi connectivity index (χ4v) is 13.1. The van der Waals surface area contributed by atoms with Crippen LogP contribution in [0.2, 0.25) is 0 Å². The summed E-state index contributed by atoms with van der Waals surface area (Å²) in [5.41, 5.74) is 31.0. The van der Waals surface area contributed by atoms with Crippen molar-refractivity contribution in [2.45, 2.75) is 80.6 Å². The number of nitrogens with zero attached hydrogens (tertiary/aromatic N) is 5. The summed E-state index contributed by atoms with van der Waals surface area (Å²) in [6.45, 7) is 15.1. The van der Waals surface area contributed by atoms with Gasteiger partial charge in [-0.15, -0.1) is 0 Å². The number of aliphatic hydroxyl groups is 5. The van der Waals surface area contributed by atoms with Gasteiger partial charge in [-0.05, 0) is 165 Å². The van der Waals surface area contributed by atoms with E-state index < -0.39 is 0 Å². The molecule has 0 aliphatic heterocycles. The van der Waals surface area contributed by atoms with Crippen LogP contribution in [0.25, 0.3) is 0 Å². The Labute approximate surface area is 687 Å². The molecule has 0 spiro atoms. The van der Waals surface area contributed by atoms with Gasteiger partial charge in [0.2, 0.25) is 28.9 Å². The molecule has 0 radical (unpaired) electrons. The number of methoxy groups -OCH3 is 3. The van der Waals surface area contributed by atoms with Crippen molar-refractivity contribution in [2.75, 3.05) is 139 Å². The maximum atomic E-state index is 12.5. The Balaban J connectivity index is 0.000000229. The minimum Gasteiger partial charge on any atom is -0.508 e. The number of ether oxygens (including phenoxy) is 3. The molecule has 5 aliphatic rings. The SMILES string of the molecule is CCN(CCO)C1=CC(=O)C(Cc2cc(C)c(N)cc2OC)=CC1=O.CCN(CCO)C1=CC(=O)C(Cc2ccc(N)c(OC)c2)=CC1=O.COc1cc(CC2=CC(=O)C(N(C)CCO)=CC2=O)ccc1N.Cc1cc(CC2=CC(=O)C(N(C)CCO)=CC2=O)c(C)cc1O.Cc1cc(CC2=CC(=O)C(N(C)CCO)=CC2=O)cc(C)c1O. The van der Waals surface area contributed by atoms with Crippen molar-refractivity contribution < 1.29 is 97.9 Å². The van der Waals surface area contributed by atoms with Crippen molar-refractivity contribution >= 4 is 74.9 Å². The van der Waals surface area contributed by atoms with E-state index in [9.17, 15) is 58.2 Å². The molecule has 0 saturated carbocycles. The van der Waals surface area contributed by atoms with E-state index in [-0.39, 0.29) is 102 Å². The predicted molar refractivity (Wildman–Crippen MR) is 449 cm³/mol. The smallest absolute Gasteiger partial charge is 0.202 e. The van der Waals surface area contributed by atoms with Crippen LogP contribution >= 0.6 is 0 Å². The van der Waals surface area contributed by atoms with Gasteiger partial charge in [-0.25, -0.2) is 0 Å². The summed E-state index contributed by atoms with van der Waals surface area (Å²) in [5, 5.41) is 64.5. The van der Waals surface area contributed by atoms with Gasteiger partial charge in [0.1, 0.15) is 28.7 Å². The molecule has 0 amide bonds. The lowest BCUT2D eigenvalue weighted by atomic mass is 9.92. The lowest BCUT2D eigenvalue weighted by Crippen LogP contribution is -2.32. The molecular weight excluding hydrogens is 1510 g/mol. The maximum Gasteiger partial charge on any atom is 0.202 e. The van der Waals surface area contributed by atoms with Crippen LogP contribution in [-0.4, -0.2) is 239 Å². The number of phenolic OH excluding ortho intramolecular Hbond substituents is 2. The van der Waals surface area contributed by atoms with Crippen molar-refractivity contribution in [3.05, 3.63) is 246 Å². The van der Waals surface area contributed by atoms with E-state index in [1.54, 1.807) is 122 Å². The number of aliphatic hydroxyl groups excluding tert-OH is 5. The van der Waals surface area contributed by atoms with E-state index in [1.807, 2.05) is 52.0 Å². The summed E-state index contributed by atoms with van der Waals surface area (Å²) >= 11 is 0. The Morgan fingerprint density at radius 1 is 0.314 bits per heavy atom. The number of aryl methyl sites for hydroxylation is 5. The van der Waals surface area contributed by atoms with Crippen LogP contribution in [-0.2, 0) is 80.0 Å². The van der Waals surface area contributed by atoms with E-state index in [1.165, 1.54) is 75.0 Å². The van der Waals surface area contributed by atoms with E-state index in [0.717, 1.165) is 55.6 Å². The van der Waals surface area contributed by atoms with Crippen LogP contribution in [0, 0.1) is 34.6 Å². The van der Waals surface area contributed by atoms with Crippen molar-refractivity contribution in [3.8, 4) is 28.7 Å². The summed E-state index contributed by atoms with van der Waals surface area (Å²) < 4.78 is 15.7. The number of carbonyl (C=O) groups is 10. The second-order valence-electron chi connectivity index (χ2n) is 28.4. The van der Waals surface area contributed by atoms with Gasteiger partial charge in [0.05, 0.1) is 94.2 Å². The molecular formula is C90H108N8O20. The Bertz CT molecular complexity index is 4990. The summed E-state index contributed by atoms with van der Waals surface area (Å²) in [6, 6.07) is 21.3. The molecule has 0 unspecified atom stereocenters. The molecule has 0 saturated heterocycles. The third kappa shape index (κ3) is 25.5. The molecule has 5 aliphatic carbocycles. The molecule has 0 aromatic heterocycles. The summed E-state index contributed by atoms with van der Waals surface area (Å²) in [6.07, 6.45) is 15.2. The molecule has 0 atom stereocenters. The average molecular weight is 1620 g/mol. The first-order chi connectivity index (χ1) is 56.0. The van der Waals surface area contributed by atoms with Crippen molar-refractivity contribution in [3.63, 3.8) is 0 Å². The molecule has 5 aromatic carbocycles. The number of hydrogen-bond acceptors (Lipinski definition) is 28. The molecule has 28 nitrogen and oxygen atoms in total. The van der Waals surface area contributed by atoms with Gasteiger partial charge < -0.3 is 91.7 Å². The van der Waals surface area contributed by atoms with Gasteiger partial charge in [0, 0.05) is 169 Å². The number of phenols is 2. The number of ketones is 10. The van der Waals surface area contributed by atoms with E-state index in [2.05, 4.69) is 0 Å². The monoisotopic (exact) mass is 1620 g/mol. The van der Waals surface area contributed by atoms with Crippen LogP contribution in [0.15, 0.2) is 190 Å². The van der Waals surface area contributed by atoms with Gasteiger partial charge in [-0.2, -0.15) is 0 Å². The molecule has 28 heteroatoms. The Morgan fingerprint density at radius 2 is 0.627 bits per heavy atom. The van der Waals surface area contributed by atoms with Crippen LogP contribution in [0.3, 0.4) is 0 Å². The molecule has 0 fully saturated rings. The average Bonchev–Trinajstić information content (AvgIpc) is 0.828. The first-order valence-electron chi connectivity index (χ1n) is 38.1. The number of nitrogen functional groups attached to an aromatic ring is 3. The predicted octanol–water partition coefficient (Wildman–Crippen LogP) is 6.08. The number of nitrogens with two attached hydrogens (primary N) is 3. The lowest BCUT2D eigenvalue weighted by Gasteiger charge is -2.25. The quantitative estimate of drug-likeness (QED) is 0.0184. The maximum absolute atomic E-state index is 12.5. The first kappa shape index (κ1) is 94.3. The van der Waals surface area contributed by atoms with Crippen molar-refractivity contribution in [2.24, 2.45) is 0 Å². The number of carbonyl (C=O) groups excluding carboxylic acids is 10. The Hall–Kier alpha value is -12.6. The third-order valence-corrected chi connectivity index (χ3v) is 19.9. The Morgan fingerprint density at radius 3 is 0.966 bits per heavy atom. The highest BCUT2D eigenvalue weighted by molar-refractivity contribution is 6.23. The minimum atomic E-state index is -0.238. The first-order valence-corrected chi connectivity index (χ1v) is 38.1. The number of anilines is 3. The minimum absolute atomic E-state index is 0.0749. The highest BCUT2D eigenvalue weighted by atomic mass is 16.5. The zero-order chi connectivity index (χ0) is 87.5. The Kier molecular flexibility index (Phi) is 35.5. The standard InChI is InChI=1S/C19H24N2O4.C18H22N2O4.2C18H21NO4.C17H20N2O4/c1-4-21(5-6-22)16-11-17(23)13(9-18(16)24)8-14-7-12(2)15(20)10-19(14)25-3;1-3-20(6-7-21)15-11-16(22)13(10-17(15)23)8-12-4-5-14(19)18(9-12)24-2;1-11-7-16(21)12(2)6-13(11)8-14-9-18(23)15(10-17(14)22)19(3)4-5-20;1-11-6-13(7-12(2)18(11)23)8-14-9-17(22)15(10-16(14)21)19(3)4-5-20;1-19(5-6-20)14-10-15(21)12(9-16(14)22)7-11-3-4-13(18)17(8-11)23-2/h7,9-11,22H,4-6,8,20H2,1-3H3;4-5,9-11,21H,3,6-8,19H2,1-2H3;6-7,9-10,20-21H,4-5,8H2,1-3H3;6-7,9-10,20,23H,4-5,8H2,1-3H3;3-4,8-10,20H,5-7,18H2,1-2H3. The molecule has 5 aromatic rings. The van der Waals surface area contributed by atoms with E-state index >= 15 is 0 Å². The molecule has 118 heavy (non-hydrogen) atoms. The second kappa shape index (κ2) is 44.5. The molecule has 0 heterocycles. The molecule has 0 bridgehead atoms. The molecule has 10 rings (SSSR count). The second-order valence-corrected chi connectivity index (χ2v) is 28.4. The van der Waals surface area contributed by atoms with Crippen LogP contribution < -0.4 is 31.4 Å².